The molecule has 0 bridgehead atoms. The van der Waals surface area contributed by atoms with E-state index in [4.69, 9.17) is 0 Å². The molecule has 0 aliphatic heterocycles. The van der Waals surface area contributed by atoms with Gasteiger partial charge in [-0.25, -0.2) is 0 Å². The van der Waals surface area contributed by atoms with Gasteiger partial charge in [-0.05, 0) is 30.7 Å². The Morgan fingerprint density at radius 1 is 1.33 bits per heavy atom. The third kappa shape index (κ3) is 2.02. The topological polar surface area (TPSA) is 74.7 Å². The second kappa shape index (κ2) is 3.43. The van der Waals surface area contributed by atoms with Gasteiger partial charge >= 0.3 is 0 Å². The van der Waals surface area contributed by atoms with E-state index in [1.807, 2.05) is 24.3 Å². The number of aromatic nitrogens is 4. The highest BCUT2D eigenvalue weighted by atomic mass is 16.3. The first-order chi connectivity index (χ1) is 7.07. The normalized spacial score (nSPS) is 11.7. The minimum atomic E-state index is -0.861. The van der Waals surface area contributed by atoms with Crippen molar-refractivity contribution in [2.24, 2.45) is 0 Å². The van der Waals surface area contributed by atoms with Crippen LogP contribution in [0.2, 0.25) is 0 Å². The molecule has 1 aromatic heterocycles. The van der Waals surface area contributed by atoms with E-state index in [0.29, 0.717) is 5.82 Å². The summed E-state index contributed by atoms with van der Waals surface area (Å²) < 4.78 is 0. The van der Waals surface area contributed by atoms with Crippen LogP contribution in [0.3, 0.4) is 0 Å². The average molecular weight is 204 g/mol. The summed E-state index contributed by atoms with van der Waals surface area (Å²) in [5, 5.41) is 23.5. The highest BCUT2D eigenvalue weighted by Gasteiger charge is 2.16. The average Bonchev–Trinajstić information content (AvgIpc) is 2.69. The molecule has 1 heterocycles. The molecule has 0 amide bonds. The zero-order valence-electron chi connectivity index (χ0n) is 8.60. The molecule has 0 aliphatic carbocycles. The highest BCUT2D eigenvalue weighted by Crippen LogP contribution is 2.23. The number of hydrogen-bond acceptors (Lipinski definition) is 4. The number of benzene rings is 1. The van der Waals surface area contributed by atoms with E-state index in [0.717, 1.165) is 11.1 Å². The Labute approximate surface area is 87.2 Å². The predicted molar refractivity (Wildman–Crippen MR) is 54.9 cm³/mol. The van der Waals surface area contributed by atoms with Crippen LogP contribution in [0.15, 0.2) is 24.3 Å². The molecule has 15 heavy (non-hydrogen) atoms. The van der Waals surface area contributed by atoms with Gasteiger partial charge in [-0.3, -0.25) is 0 Å². The number of H-pyrrole nitrogens is 1. The number of aromatic amines is 1. The third-order valence-electron chi connectivity index (χ3n) is 2.17. The van der Waals surface area contributed by atoms with Gasteiger partial charge in [-0.15, -0.1) is 10.2 Å². The molecule has 2 aromatic rings. The molecule has 0 atom stereocenters. The van der Waals surface area contributed by atoms with Crippen molar-refractivity contribution >= 4 is 0 Å². The van der Waals surface area contributed by atoms with E-state index in [1.165, 1.54) is 0 Å². The highest BCUT2D eigenvalue weighted by molar-refractivity contribution is 5.55. The van der Waals surface area contributed by atoms with E-state index in [1.54, 1.807) is 13.8 Å². The summed E-state index contributed by atoms with van der Waals surface area (Å²) in [4.78, 5) is 0. The Hall–Kier alpha value is -1.75. The molecule has 2 rings (SSSR count). The van der Waals surface area contributed by atoms with Crippen LogP contribution in [-0.4, -0.2) is 25.7 Å². The first-order valence-electron chi connectivity index (χ1n) is 4.64. The minimum Gasteiger partial charge on any atom is -0.386 e. The smallest absolute Gasteiger partial charge is 0.204 e. The van der Waals surface area contributed by atoms with Crippen molar-refractivity contribution in [3.63, 3.8) is 0 Å². The fourth-order valence-electron chi connectivity index (χ4n) is 1.32. The van der Waals surface area contributed by atoms with Gasteiger partial charge in [0.1, 0.15) is 0 Å². The van der Waals surface area contributed by atoms with Crippen molar-refractivity contribution in [3.8, 4) is 11.4 Å². The molecule has 0 radical (unpaired) electrons. The summed E-state index contributed by atoms with van der Waals surface area (Å²) in [7, 11) is 0. The molecule has 78 valence electrons. The molecular formula is C10H12N4O. The maximum atomic E-state index is 9.85. The van der Waals surface area contributed by atoms with E-state index < -0.39 is 5.60 Å². The molecule has 0 saturated heterocycles. The lowest BCUT2D eigenvalue weighted by atomic mass is 9.96. The van der Waals surface area contributed by atoms with Crippen LogP contribution < -0.4 is 0 Å². The Bertz CT molecular complexity index is 445. The lowest BCUT2D eigenvalue weighted by molar-refractivity contribution is 0.0786. The van der Waals surface area contributed by atoms with Crippen LogP contribution >= 0.6 is 0 Å². The van der Waals surface area contributed by atoms with Crippen molar-refractivity contribution in [2.45, 2.75) is 19.4 Å². The quantitative estimate of drug-likeness (QED) is 0.768. The van der Waals surface area contributed by atoms with Gasteiger partial charge < -0.3 is 5.11 Å². The van der Waals surface area contributed by atoms with Crippen molar-refractivity contribution in [1.29, 1.82) is 0 Å². The first-order valence-corrected chi connectivity index (χ1v) is 4.64. The van der Waals surface area contributed by atoms with E-state index in [9.17, 15) is 5.11 Å². The van der Waals surface area contributed by atoms with Crippen LogP contribution in [0, 0.1) is 0 Å². The largest absolute Gasteiger partial charge is 0.386 e. The van der Waals surface area contributed by atoms with Crippen molar-refractivity contribution < 1.29 is 5.11 Å². The SMILES string of the molecule is CC(C)(O)c1cccc(-c2nn[nH]n2)c1. The molecule has 5 nitrogen and oxygen atoms in total. The molecule has 0 fully saturated rings. The molecular weight excluding hydrogens is 192 g/mol. The Morgan fingerprint density at radius 3 is 2.73 bits per heavy atom. The zero-order chi connectivity index (χ0) is 10.9. The second-order valence-corrected chi connectivity index (χ2v) is 3.88. The summed E-state index contributed by atoms with van der Waals surface area (Å²) in [5.41, 5.74) is 0.799. The number of nitrogens with one attached hydrogen (secondary N) is 1. The van der Waals surface area contributed by atoms with Gasteiger partial charge in [0.2, 0.25) is 5.82 Å². The predicted octanol–water partition coefficient (Wildman–Crippen LogP) is 1.09. The second-order valence-electron chi connectivity index (χ2n) is 3.88. The lowest BCUT2D eigenvalue weighted by Crippen LogP contribution is -2.15. The minimum absolute atomic E-state index is 0.529. The Morgan fingerprint density at radius 2 is 2.13 bits per heavy atom. The number of nitrogens with zero attached hydrogens (tertiary/aromatic N) is 3. The molecule has 0 aliphatic rings. The maximum absolute atomic E-state index is 9.85. The summed E-state index contributed by atoms with van der Waals surface area (Å²) in [6.45, 7) is 3.48. The van der Waals surface area contributed by atoms with Gasteiger partial charge in [0.25, 0.3) is 0 Å². The van der Waals surface area contributed by atoms with Gasteiger partial charge in [0.15, 0.2) is 0 Å². The summed E-state index contributed by atoms with van der Waals surface area (Å²) in [6.07, 6.45) is 0. The Kier molecular flexibility index (Phi) is 2.24. The number of aliphatic hydroxyl groups is 1. The fraction of sp³-hybridized carbons (Fsp3) is 0.300. The van der Waals surface area contributed by atoms with Crippen molar-refractivity contribution in [3.05, 3.63) is 29.8 Å². The molecule has 1 aromatic carbocycles. The zero-order valence-corrected chi connectivity index (χ0v) is 8.60. The third-order valence-corrected chi connectivity index (χ3v) is 2.17. The van der Waals surface area contributed by atoms with E-state index in [-0.39, 0.29) is 0 Å². The summed E-state index contributed by atoms with van der Waals surface area (Å²) in [6, 6.07) is 7.45. The Balaban J connectivity index is 2.44. The summed E-state index contributed by atoms with van der Waals surface area (Å²) >= 11 is 0. The molecule has 0 saturated carbocycles. The number of rotatable bonds is 2. The molecule has 0 unspecified atom stereocenters. The molecule has 0 spiro atoms. The van der Waals surface area contributed by atoms with Crippen LogP contribution in [0.1, 0.15) is 19.4 Å². The van der Waals surface area contributed by atoms with Crippen LogP contribution in [0.4, 0.5) is 0 Å². The standard InChI is InChI=1S/C10H12N4O/c1-10(2,15)8-5-3-4-7(6-8)9-11-13-14-12-9/h3-6,15H,1-2H3,(H,11,12,13,14). The van der Waals surface area contributed by atoms with Crippen LogP contribution in [0.25, 0.3) is 11.4 Å². The van der Waals surface area contributed by atoms with Crippen molar-refractivity contribution in [1.82, 2.24) is 20.6 Å². The molecule has 2 N–H and O–H groups in total. The maximum Gasteiger partial charge on any atom is 0.204 e. The van der Waals surface area contributed by atoms with Crippen LogP contribution in [0.5, 0.6) is 0 Å². The lowest BCUT2D eigenvalue weighted by Gasteiger charge is -2.17. The number of tetrazole rings is 1. The van der Waals surface area contributed by atoms with E-state index in [2.05, 4.69) is 20.6 Å². The first kappa shape index (κ1) is 9.79. The van der Waals surface area contributed by atoms with Crippen molar-refractivity contribution in [2.75, 3.05) is 0 Å². The van der Waals surface area contributed by atoms with Gasteiger partial charge in [-0.1, -0.05) is 18.2 Å². The monoisotopic (exact) mass is 204 g/mol. The van der Waals surface area contributed by atoms with Gasteiger partial charge in [0.05, 0.1) is 5.60 Å². The fourth-order valence-corrected chi connectivity index (χ4v) is 1.32. The summed E-state index contributed by atoms with van der Waals surface area (Å²) in [5.74, 6) is 0.529. The number of hydrogen-bond donors (Lipinski definition) is 2. The van der Waals surface area contributed by atoms with E-state index >= 15 is 0 Å². The molecule has 5 heteroatoms. The van der Waals surface area contributed by atoms with Gasteiger partial charge in [0, 0.05) is 5.56 Å². The van der Waals surface area contributed by atoms with Gasteiger partial charge in [-0.2, -0.15) is 5.21 Å². The van der Waals surface area contributed by atoms with Crippen LogP contribution in [-0.2, 0) is 5.60 Å².